The number of carbonyl (C=O) groups excluding carboxylic acids is 1. The van der Waals surface area contributed by atoms with Gasteiger partial charge in [-0.1, -0.05) is 177 Å². The van der Waals surface area contributed by atoms with Crippen molar-refractivity contribution in [1.82, 2.24) is 0 Å². The molecule has 0 aromatic heterocycles. The third-order valence-corrected chi connectivity index (χ3v) is 22.8. The van der Waals surface area contributed by atoms with Crippen LogP contribution in [0.25, 0.3) is 0 Å². The molecule has 7 unspecified atom stereocenters. The van der Waals surface area contributed by atoms with Crippen LogP contribution in [0.3, 0.4) is 0 Å². The minimum Gasteiger partial charge on any atom is -0.405 e. The third kappa shape index (κ3) is 11.9. The molecule has 2 aliphatic rings. The van der Waals surface area contributed by atoms with E-state index < -0.39 is 64.8 Å². The van der Waals surface area contributed by atoms with Crippen molar-refractivity contribution in [3.8, 4) is 0 Å². The molecule has 1 N–H and O–H groups in total. The van der Waals surface area contributed by atoms with Gasteiger partial charge >= 0.3 is 0 Å². The average molecular weight is 943 g/mol. The second-order valence-corrected chi connectivity index (χ2v) is 29.0. The molecule has 0 radical (unpaired) electrons. The number of methoxy groups -OCH3 is 2. The molecule has 0 saturated carbocycles. The SMILES string of the molecule is CCC(=O)C(OC)C1OC(C)(C)OC1CO[Si](c1ccccc1)(c1ccccc1)C(C)(C)C.CCC(O)C(OC)C1OC(C)(C)OC1CO[Si](c1ccccc1)(c1ccccc1)C(C)(C)C. The Morgan fingerprint density at radius 3 is 1.20 bits per heavy atom. The van der Waals surface area contributed by atoms with Crippen LogP contribution in [0.5, 0.6) is 0 Å². The Hall–Kier alpha value is -3.38. The van der Waals surface area contributed by atoms with Crippen molar-refractivity contribution in [2.75, 3.05) is 27.4 Å². The van der Waals surface area contributed by atoms with Crippen LogP contribution in [-0.2, 0) is 42.1 Å². The van der Waals surface area contributed by atoms with Crippen LogP contribution >= 0.6 is 0 Å². The highest BCUT2D eigenvalue weighted by molar-refractivity contribution is 7.00. The zero-order valence-electron chi connectivity index (χ0n) is 42.0. The molecular weight excluding hydrogens is 865 g/mol. The molecule has 6 rings (SSSR count). The van der Waals surface area contributed by atoms with Crippen LogP contribution in [0.2, 0.25) is 10.1 Å². The monoisotopic (exact) mass is 943 g/mol. The summed E-state index contributed by atoms with van der Waals surface area (Å²) in [6.07, 6.45) is -2.65. The highest BCUT2D eigenvalue weighted by Crippen LogP contribution is 2.41. The summed E-state index contributed by atoms with van der Waals surface area (Å²) in [6, 6.07) is 42.1. The van der Waals surface area contributed by atoms with Crippen molar-refractivity contribution in [2.45, 2.75) is 160 Å². The first-order valence-electron chi connectivity index (χ1n) is 23.6. The molecule has 66 heavy (non-hydrogen) atoms. The maximum absolute atomic E-state index is 12.6. The lowest BCUT2D eigenvalue weighted by Gasteiger charge is -2.43. The quantitative estimate of drug-likeness (QED) is 0.0988. The molecule has 0 bridgehead atoms. The van der Waals surface area contributed by atoms with Gasteiger partial charge in [0, 0.05) is 20.6 Å². The zero-order valence-corrected chi connectivity index (χ0v) is 44.0. The standard InChI is InChI=1S/C27H40O5Si.C27H38O5Si/c2*1-8-22(28)24(29-7)25-23(31-27(5,6)32-25)19-30-33(26(2,3)4,20-15-11-9-12-16-20)21-17-13-10-14-18-21/h9-18,22-25,28H,8,19H2,1-7H3;9-18,23-25H,8,19H2,1-7H3. The fourth-order valence-electron chi connectivity index (χ4n) is 9.85. The van der Waals surface area contributed by atoms with E-state index in [0.717, 1.165) is 0 Å². The summed E-state index contributed by atoms with van der Waals surface area (Å²) in [7, 11) is -2.29. The van der Waals surface area contributed by atoms with Crippen molar-refractivity contribution >= 4 is 43.2 Å². The minimum absolute atomic E-state index is 0.000696. The van der Waals surface area contributed by atoms with Crippen LogP contribution in [-0.4, -0.2) is 109 Å². The molecule has 7 atom stereocenters. The lowest BCUT2D eigenvalue weighted by Crippen LogP contribution is -2.67. The van der Waals surface area contributed by atoms with Gasteiger partial charge in [-0.3, -0.25) is 4.79 Å². The zero-order chi connectivity index (χ0) is 48.6. The van der Waals surface area contributed by atoms with Crippen LogP contribution in [0.4, 0.5) is 0 Å². The molecule has 10 nitrogen and oxygen atoms in total. The van der Waals surface area contributed by atoms with E-state index in [1.165, 1.54) is 20.7 Å². The first-order chi connectivity index (χ1) is 31.1. The van der Waals surface area contributed by atoms with E-state index in [1.807, 2.05) is 65.8 Å². The topological polar surface area (TPSA) is 111 Å². The highest BCUT2D eigenvalue weighted by atomic mass is 28.4. The Kier molecular flexibility index (Phi) is 18.2. The summed E-state index contributed by atoms with van der Waals surface area (Å²) in [6.45, 7) is 25.4. The number of hydrogen-bond acceptors (Lipinski definition) is 10. The van der Waals surface area contributed by atoms with Crippen molar-refractivity contribution in [3.63, 3.8) is 0 Å². The molecule has 2 aliphatic heterocycles. The predicted molar refractivity (Wildman–Crippen MR) is 268 cm³/mol. The summed E-state index contributed by atoms with van der Waals surface area (Å²) in [5, 5.41) is 15.1. The summed E-state index contributed by atoms with van der Waals surface area (Å²) >= 11 is 0. The number of ether oxygens (including phenoxy) is 6. The molecule has 0 aliphatic carbocycles. The molecule has 4 aromatic rings. The van der Waals surface area contributed by atoms with Gasteiger partial charge in [0.15, 0.2) is 17.4 Å². The number of Topliss-reactive ketones (excluding diaryl/α,β-unsaturated/α-hetero) is 1. The summed E-state index contributed by atoms with van der Waals surface area (Å²) in [4.78, 5) is 12.6. The average Bonchev–Trinajstić information content (AvgIpc) is 3.77. The first-order valence-corrected chi connectivity index (χ1v) is 27.4. The third-order valence-electron chi connectivity index (χ3n) is 12.8. The number of benzene rings is 4. The summed E-state index contributed by atoms with van der Waals surface area (Å²) < 4.78 is 50.3. The molecule has 362 valence electrons. The Bertz CT molecular complexity index is 1990. The van der Waals surface area contributed by atoms with Crippen molar-refractivity contribution < 1.29 is 47.2 Å². The Balaban J connectivity index is 0.000000247. The van der Waals surface area contributed by atoms with Crippen molar-refractivity contribution in [1.29, 1.82) is 0 Å². The van der Waals surface area contributed by atoms with E-state index in [2.05, 4.69) is 139 Å². The fourth-order valence-corrected chi connectivity index (χ4v) is 19.0. The first kappa shape index (κ1) is 53.6. The van der Waals surface area contributed by atoms with Gasteiger partial charge in [0.2, 0.25) is 0 Å². The van der Waals surface area contributed by atoms with E-state index >= 15 is 0 Å². The van der Waals surface area contributed by atoms with Crippen molar-refractivity contribution in [2.24, 2.45) is 0 Å². The fraction of sp³-hybridized carbons (Fsp3) is 0.537. The Morgan fingerprint density at radius 1 is 0.576 bits per heavy atom. The van der Waals surface area contributed by atoms with E-state index in [-0.39, 0.29) is 22.0 Å². The lowest BCUT2D eigenvalue weighted by atomic mass is 10.0. The molecule has 0 spiro atoms. The number of aliphatic hydroxyl groups is 1. The molecule has 4 aromatic carbocycles. The Labute approximate surface area is 397 Å². The van der Waals surface area contributed by atoms with Crippen LogP contribution in [0.1, 0.15) is 95.9 Å². The highest BCUT2D eigenvalue weighted by Gasteiger charge is 2.55. The van der Waals surface area contributed by atoms with Crippen molar-refractivity contribution in [3.05, 3.63) is 121 Å². The van der Waals surface area contributed by atoms with E-state index in [1.54, 1.807) is 14.2 Å². The number of carbonyl (C=O) groups is 1. The van der Waals surface area contributed by atoms with Crippen LogP contribution in [0, 0.1) is 0 Å². The van der Waals surface area contributed by atoms with Gasteiger partial charge in [-0.05, 0) is 64.9 Å². The maximum Gasteiger partial charge on any atom is 0.261 e. The van der Waals surface area contributed by atoms with E-state index in [4.69, 9.17) is 37.3 Å². The van der Waals surface area contributed by atoms with Gasteiger partial charge in [-0.2, -0.15) is 0 Å². The van der Waals surface area contributed by atoms with Gasteiger partial charge in [-0.25, -0.2) is 0 Å². The van der Waals surface area contributed by atoms with Gasteiger partial charge in [0.05, 0.1) is 19.3 Å². The van der Waals surface area contributed by atoms with Crippen LogP contribution in [0.15, 0.2) is 121 Å². The second kappa shape index (κ2) is 22.4. The molecule has 12 heteroatoms. The number of hydrogen-bond donors (Lipinski definition) is 1. The van der Waals surface area contributed by atoms with Crippen LogP contribution < -0.4 is 20.7 Å². The van der Waals surface area contributed by atoms with Gasteiger partial charge in [0.25, 0.3) is 16.6 Å². The molecule has 2 heterocycles. The molecule has 2 saturated heterocycles. The van der Waals surface area contributed by atoms with Gasteiger partial charge < -0.3 is 42.4 Å². The summed E-state index contributed by atoms with van der Waals surface area (Å²) in [5.41, 5.74) is 0. The minimum atomic E-state index is -2.73. The maximum atomic E-state index is 12.6. The normalized spacial score (nSPS) is 22.2. The lowest BCUT2D eigenvalue weighted by molar-refractivity contribution is -0.167. The Morgan fingerprint density at radius 2 is 0.909 bits per heavy atom. The smallest absolute Gasteiger partial charge is 0.261 e. The largest absolute Gasteiger partial charge is 0.405 e. The van der Waals surface area contributed by atoms with E-state index in [0.29, 0.717) is 26.1 Å². The summed E-state index contributed by atoms with van der Waals surface area (Å²) in [5.74, 6) is -1.61. The molecule has 0 amide bonds. The van der Waals surface area contributed by atoms with E-state index in [9.17, 15) is 9.90 Å². The van der Waals surface area contributed by atoms with Gasteiger partial charge in [-0.15, -0.1) is 0 Å². The molecule has 2 fully saturated rings. The number of rotatable bonds is 18. The molecular formula is C54H78O10Si2. The van der Waals surface area contributed by atoms with Gasteiger partial charge in [0.1, 0.15) is 36.6 Å². The predicted octanol–water partition coefficient (Wildman–Crippen LogP) is 7.95. The number of ketones is 1. The second-order valence-electron chi connectivity index (χ2n) is 20.4. The number of aliphatic hydroxyl groups excluding tert-OH is 1.